The van der Waals surface area contributed by atoms with Crippen LogP contribution in [-0.4, -0.2) is 74.9 Å². The molecule has 0 radical (unpaired) electrons. The first-order chi connectivity index (χ1) is 18.5. The highest BCUT2D eigenvalue weighted by atomic mass is 31.2. The molecule has 0 rings (SSSR count). The van der Waals surface area contributed by atoms with Gasteiger partial charge in [0.2, 0.25) is 0 Å². The minimum absolute atomic E-state index is 0.0341. The van der Waals surface area contributed by atoms with Gasteiger partial charge in [0.05, 0.1) is 27.7 Å². The van der Waals surface area contributed by atoms with Crippen LogP contribution < -0.4 is 0 Å². The lowest BCUT2D eigenvalue weighted by Crippen LogP contribution is -2.37. The number of rotatable bonds is 27. The maximum atomic E-state index is 12.2. The summed E-state index contributed by atoms with van der Waals surface area (Å²) in [5.41, 5.74) is 0. The molecule has 9 nitrogen and oxygen atoms in total. The SMILES string of the molecule is CCCCCCCCCCCCCCCC(=O)OC[C@@H](COP(=O)(O)OCC[N+](C)(C)C)OC(=O)CCCC. The molecule has 1 unspecified atom stereocenters. The first kappa shape index (κ1) is 38.0. The fourth-order valence-electron chi connectivity index (χ4n) is 3.87. The van der Waals surface area contributed by atoms with Crippen molar-refractivity contribution in [2.45, 2.75) is 129 Å². The summed E-state index contributed by atoms with van der Waals surface area (Å²) in [5, 5.41) is 0. The third-order valence-corrected chi connectivity index (χ3v) is 7.37. The Morgan fingerprint density at radius 1 is 0.692 bits per heavy atom. The van der Waals surface area contributed by atoms with Crippen LogP contribution in [0.4, 0.5) is 0 Å². The summed E-state index contributed by atoms with van der Waals surface area (Å²) in [5.74, 6) is -0.837. The highest BCUT2D eigenvalue weighted by molar-refractivity contribution is 7.47. The standard InChI is InChI=1S/C29H58NO8P/c1-6-8-10-11-12-13-14-15-16-17-18-19-20-22-28(31)35-25-27(38-29(32)21-9-7-2)26-37-39(33,34)36-24-23-30(3,4)5/h27H,6-26H2,1-5H3/p+1/t27-/m0/s1. The molecule has 0 bridgehead atoms. The molecule has 1 N–H and O–H groups in total. The average molecular weight is 581 g/mol. The number of hydrogen-bond donors (Lipinski definition) is 1. The number of likely N-dealkylation sites (N-methyl/N-ethyl adjacent to an activating group) is 1. The number of carbonyl (C=O) groups excluding carboxylic acids is 2. The van der Waals surface area contributed by atoms with Gasteiger partial charge in [0.25, 0.3) is 0 Å². The molecule has 0 aromatic heterocycles. The van der Waals surface area contributed by atoms with Crippen LogP contribution in [0.2, 0.25) is 0 Å². The number of carbonyl (C=O) groups is 2. The largest absolute Gasteiger partial charge is 0.472 e. The highest BCUT2D eigenvalue weighted by Crippen LogP contribution is 2.43. The lowest BCUT2D eigenvalue weighted by Gasteiger charge is -2.24. The van der Waals surface area contributed by atoms with Gasteiger partial charge in [-0.1, -0.05) is 97.3 Å². The molecule has 0 fully saturated rings. The monoisotopic (exact) mass is 580 g/mol. The van der Waals surface area contributed by atoms with Crippen LogP contribution >= 0.6 is 7.82 Å². The van der Waals surface area contributed by atoms with Crippen molar-refractivity contribution in [1.82, 2.24) is 0 Å². The van der Waals surface area contributed by atoms with Crippen molar-refractivity contribution >= 4 is 19.8 Å². The van der Waals surface area contributed by atoms with Crippen molar-refractivity contribution in [2.24, 2.45) is 0 Å². The number of hydrogen-bond acceptors (Lipinski definition) is 7. The molecule has 0 saturated carbocycles. The lowest BCUT2D eigenvalue weighted by molar-refractivity contribution is -0.870. The van der Waals surface area contributed by atoms with Gasteiger partial charge < -0.3 is 18.9 Å². The number of nitrogens with zero attached hydrogens (tertiary/aromatic N) is 1. The number of phosphoric acid groups is 1. The summed E-state index contributed by atoms with van der Waals surface area (Å²) in [6.45, 7) is 4.12. The number of phosphoric ester groups is 1. The first-order valence-corrected chi connectivity index (χ1v) is 16.8. The smallest absolute Gasteiger partial charge is 0.462 e. The summed E-state index contributed by atoms with van der Waals surface area (Å²) in [6.07, 6.45) is 17.0. The summed E-state index contributed by atoms with van der Waals surface area (Å²) >= 11 is 0. The van der Waals surface area contributed by atoms with Gasteiger partial charge >= 0.3 is 19.8 Å². The van der Waals surface area contributed by atoms with Gasteiger partial charge in [-0.2, -0.15) is 0 Å². The Labute approximate surface area is 238 Å². The van der Waals surface area contributed by atoms with E-state index in [0.29, 0.717) is 23.9 Å². The van der Waals surface area contributed by atoms with Crippen molar-refractivity contribution < 1.29 is 42.1 Å². The zero-order valence-corrected chi connectivity index (χ0v) is 26.5. The van der Waals surface area contributed by atoms with Crippen LogP contribution in [0.1, 0.15) is 123 Å². The van der Waals surface area contributed by atoms with Crippen molar-refractivity contribution in [3.05, 3.63) is 0 Å². The van der Waals surface area contributed by atoms with Crippen molar-refractivity contribution in [3.63, 3.8) is 0 Å². The fourth-order valence-corrected chi connectivity index (χ4v) is 4.61. The summed E-state index contributed by atoms with van der Waals surface area (Å²) in [6, 6.07) is 0. The van der Waals surface area contributed by atoms with Gasteiger partial charge in [-0.15, -0.1) is 0 Å². The highest BCUT2D eigenvalue weighted by Gasteiger charge is 2.26. The minimum Gasteiger partial charge on any atom is -0.462 e. The molecule has 39 heavy (non-hydrogen) atoms. The van der Waals surface area contributed by atoms with E-state index in [4.69, 9.17) is 18.5 Å². The summed E-state index contributed by atoms with van der Waals surface area (Å²) in [7, 11) is 1.48. The van der Waals surface area contributed by atoms with Crippen LogP contribution in [0.3, 0.4) is 0 Å². The van der Waals surface area contributed by atoms with Crippen molar-refractivity contribution in [2.75, 3.05) is 47.5 Å². The van der Waals surface area contributed by atoms with E-state index in [-0.39, 0.29) is 25.6 Å². The first-order valence-electron chi connectivity index (χ1n) is 15.3. The predicted octanol–water partition coefficient (Wildman–Crippen LogP) is 6.95. The molecule has 2 atom stereocenters. The molecule has 0 saturated heterocycles. The Bertz CT molecular complexity index is 668. The molecule has 0 aliphatic rings. The summed E-state index contributed by atoms with van der Waals surface area (Å²) < 4.78 is 33.5. The second-order valence-corrected chi connectivity index (χ2v) is 13.0. The second kappa shape index (κ2) is 23.7. The fraction of sp³-hybridized carbons (Fsp3) is 0.931. The summed E-state index contributed by atoms with van der Waals surface area (Å²) in [4.78, 5) is 34.3. The van der Waals surface area contributed by atoms with E-state index < -0.39 is 26.5 Å². The van der Waals surface area contributed by atoms with Gasteiger partial charge in [0.15, 0.2) is 6.10 Å². The molecule has 232 valence electrons. The Morgan fingerprint density at radius 2 is 1.18 bits per heavy atom. The zero-order valence-electron chi connectivity index (χ0n) is 25.6. The zero-order chi connectivity index (χ0) is 29.4. The third kappa shape index (κ3) is 27.0. The topological polar surface area (TPSA) is 108 Å². The van der Waals surface area contributed by atoms with Gasteiger partial charge in [0.1, 0.15) is 19.8 Å². The van der Waals surface area contributed by atoms with Gasteiger partial charge in [-0.3, -0.25) is 18.6 Å². The van der Waals surface area contributed by atoms with E-state index in [1.54, 1.807) is 0 Å². The van der Waals surface area contributed by atoms with E-state index in [9.17, 15) is 19.0 Å². The second-order valence-electron chi connectivity index (χ2n) is 11.5. The molecule has 0 aliphatic heterocycles. The van der Waals surface area contributed by atoms with Crippen molar-refractivity contribution in [3.8, 4) is 0 Å². The van der Waals surface area contributed by atoms with E-state index in [2.05, 4.69) is 6.92 Å². The number of ether oxygens (including phenoxy) is 2. The molecule has 0 heterocycles. The van der Waals surface area contributed by atoms with Crippen LogP contribution in [0.15, 0.2) is 0 Å². The number of quaternary nitrogens is 1. The van der Waals surface area contributed by atoms with Crippen LogP contribution in [0, 0.1) is 0 Å². The molecule has 0 amide bonds. The Balaban J connectivity index is 4.21. The maximum absolute atomic E-state index is 12.2. The molecule has 0 aromatic carbocycles. The predicted molar refractivity (Wildman–Crippen MR) is 155 cm³/mol. The van der Waals surface area contributed by atoms with E-state index in [0.717, 1.165) is 25.7 Å². The van der Waals surface area contributed by atoms with E-state index in [1.165, 1.54) is 64.2 Å². The average Bonchev–Trinajstić information content (AvgIpc) is 2.86. The quantitative estimate of drug-likeness (QED) is 0.0481. The molecule has 10 heteroatoms. The normalized spacial score (nSPS) is 14.1. The third-order valence-electron chi connectivity index (χ3n) is 6.39. The van der Waals surface area contributed by atoms with E-state index in [1.807, 2.05) is 28.1 Å². The Hall–Kier alpha value is -0.990. The number of unbranched alkanes of at least 4 members (excludes halogenated alkanes) is 13. The van der Waals surface area contributed by atoms with E-state index >= 15 is 0 Å². The Morgan fingerprint density at radius 3 is 1.69 bits per heavy atom. The van der Waals surface area contributed by atoms with Gasteiger partial charge in [-0.05, 0) is 12.8 Å². The Kier molecular flexibility index (Phi) is 23.1. The minimum atomic E-state index is -4.33. The van der Waals surface area contributed by atoms with Crippen LogP contribution in [0.25, 0.3) is 0 Å². The van der Waals surface area contributed by atoms with Crippen LogP contribution in [-0.2, 0) is 32.7 Å². The molecule has 0 spiro atoms. The van der Waals surface area contributed by atoms with Gasteiger partial charge in [-0.25, -0.2) is 4.57 Å². The molecule has 0 aliphatic carbocycles. The van der Waals surface area contributed by atoms with Gasteiger partial charge in [0, 0.05) is 12.8 Å². The molecular formula is C29H59NO8P+. The maximum Gasteiger partial charge on any atom is 0.472 e. The molecular weight excluding hydrogens is 521 g/mol. The van der Waals surface area contributed by atoms with Crippen molar-refractivity contribution in [1.29, 1.82) is 0 Å². The number of esters is 2. The lowest BCUT2D eigenvalue weighted by atomic mass is 10.0. The molecule has 0 aromatic rings. The van der Waals surface area contributed by atoms with Crippen LogP contribution in [0.5, 0.6) is 0 Å².